The Kier molecular flexibility index (Phi) is 13.6. The number of rotatable bonds is 3. The Morgan fingerprint density at radius 1 is 0.688 bits per heavy atom. The monoisotopic (exact) mass is 439 g/mol. The zero-order valence-electron chi connectivity index (χ0n) is 15.8. The van der Waals surface area contributed by atoms with Crippen LogP contribution in [0.25, 0.3) is 21.5 Å². The van der Waals surface area contributed by atoms with Crippen LogP contribution in [0.3, 0.4) is 0 Å². The molecule has 0 saturated heterocycles. The maximum atomic E-state index is 11.6. The highest BCUT2D eigenvalue weighted by Gasteiger charge is 2.09. The lowest BCUT2D eigenvalue weighted by atomic mass is 10.1. The third-order valence-corrected chi connectivity index (χ3v) is 4.31. The van der Waals surface area contributed by atoms with Gasteiger partial charge in [-0.15, -0.1) is 0 Å². The summed E-state index contributed by atoms with van der Waals surface area (Å²) in [6.07, 6.45) is 0. The van der Waals surface area contributed by atoms with Crippen molar-refractivity contribution in [1.82, 2.24) is 0 Å². The molecule has 1 N–H and O–H groups in total. The van der Waals surface area contributed by atoms with Crippen LogP contribution in [0.4, 0.5) is 0 Å². The molecule has 4 aromatic carbocycles. The van der Waals surface area contributed by atoms with Gasteiger partial charge in [0.15, 0.2) is 0 Å². The van der Waals surface area contributed by atoms with Crippen LogP contribution in [0.15, 0.2) is 84.9 Å². The van der Waals surface area contributed by atoms with E-state index < -0.39 is 5.97 Å². The molecule has 0 aliphatic carbocycles. The Morgan fingerprint density at radius 2 is 1.09 bits per heavy atom. The van der Waals surface area contributed by atoms with E-state index in [2.05, 4.69) is 0 Å². The van der Waals surface area contributed by atoms with Crippen LogP contribution in [0.2, 0.25) is 0 Å². The lowest BCUT2D eigenvalue weighted by molar-refractivity contribution is -0.0000396. The summed E-state index contributed by atoms with van der Waals surface area (Å²) < 4.78 is 5.00. The molecule has 0 bridgehead atoms. The minimum absolute atomic E-state index is 0. The van der Waals surface area contributed by atoms with Crippen molar-refractivity contribution in [2.45, 2.75) is 29.2 Å². The van der Waals surface area contributed by atoms with Crippen molar-refractivity contribution >= 4 is 33.5 Å². The van der Waals surface area contributed by atoms with Crippen LogP contribution in [-0.4, -0.2) is 23.7 Å². The molecule has 0 unspecified atom stereocenters. The van der Waals surface area contributed by atoms with E-state index in [0.29, 0.717) is 17.7 Å². The number of halogens is 1. The number of carboxylic acid groups (broad SMARTS) is 1. The van der Waals surface area contributed by atoms with Gasteiger partial charge in [-0.1, -0.05) is 95.1 Å². The number of carbonyl (C=O) groups is 2. The van der Waals surface area contributed by atoms with Crippen molar-refractivity contribution in [1.29, 1.82) is 0 Å². The molecule has 0 radical (unpaired) electrons. The molecule has 0 aliphatic heterocycles. The number of hydrogen-bond acceptors (Lipinski definition) is 3. The van der Waals surface area contributed by atoms with E-state index in [4.69, 9.17) is 9.84 Å². The molecule has 0 atom stereocenters. The fraction of sp³-hybridized carbons (Fsp3) is 0.185. The highest BCUT2D eigenvalue weighted by molar-refractivity contribution is 6.04. The zero-order chi connectivity index (χ0) is 19.9. The lowest BCUT2D eigenvalue weighted by Crippen LogP contribution is -3.00. The number of benzene rings is 4. The van der Waals surface area contributed by atoms with Gasteiger partial charge in [0.2, 0.25) is 0 Å². The fourth-order valence-electron chi connectivity index (χ4n) is 3.02. The fourth-order valence-corrected chi connectivity index (χ4v) is 3.02. The highest BCUT2D eigenvalue weighted by Crippen LogP contribution is 2.19. The number of fused-ring (bicyclic) bond motifs is 2. The van der Waals surface area contributed by atoms with E-state index in [-0.39, 0.29) is 33.0 Å². The van der Waals surface area contributed by atoms with Crippen LogP contribution in [0, 0.1) is 0 Å². The first-order valence-electron chi connectivity index (χ1n) is 8.97. The van der Waals surface area contributed by atoms with Gasteiger partial charge in [-0.25, -0.2) is 9.59 Å². The van der Waals surface area contributed by atoms with Gasteiger partial charge in [0.1, 0.15) is 0 Å². The zero-order valence-corrected chi connectivity index (χ0v) is 15.8. The molecule has 0 saturated carbocycles. The molecule has 172 valence electrons. The van der Waals surface area contributed by atoms with Crippen LogP contribution < -0.4 is 4.70 Å². The van der Waals surface area contributed by atoms with Crippen LogP contribution in [0.5, 0.6) is 0 Å². The molecule has 0 fully saturated rings. The maximum absolute atomic E-state index is 11.6. The molecule has 32 heavy (non-hydrogen) atoms. The van der Waals surface area contributed by atoms with Gasteiger partial charge < -0.3 is 14.5 Å². The number of hydrogen-bond donors (Lipinski definition) is 1. The van der Waals surface area contributed by atoms with Crippen LogP contribution in [-0.2, 0) is 4.74 Å². The third kappa shape index (κ3) is 6.91. The molecule has 0 aromatic heterocycles. The largest absolute Gasteiger partial charge is 1.00 e. The third-order valence-electron chi connectivity index (χ3n) is 4.31. The van der Waals surface area contributed by atoms with Gasteiger partial charge in [0.25, 0.3) is 0 Å². The molecular weight excluding hydrogens is 407 g/mol. The summed E-state index contributed by atoms with van der Waals surface area (Å²) >= 11 is 0. The molecule has 0 aliphatic rings. The summed E-state index contributed by atoms with van der Waals surface area (Å²) in [5.74, 6) is -1.13. The topological polar surface area (TPSA) is 63.6 Å². The minimum Gasteiger partial charge on any atom is -1.00 e. The first-order valence-corrected chi connectivity index (χ1v) is 8.97. The molecule has 4 rings (SSSR count). The predicted octanol–water partition coefficient (Wildman–Crippen LogP) is 4.47. The summed E-state index contributed by atoms with van der Waals surface area (Å²) in [6, 6.07) is 26.2. The van der Waals surface area contributed by atoms with Crippen molar-refractivity contribution in [3.8, 4) is 0 Å². The molecule has 0 amide bonds. The first-order chi connectivity index (χ1) is 13.6. The summed E-state index contributed by atoms with van der Waals surface area (Å²) in [5, 5.41) is 12.6. The van der Waals surface area contributed by atoms with E-state index in [1.807, 2.05) is 73.7 Å². The number of carbonyl (C=O) groups excluding carboxylic acids is 1. The van der Waals surface area contributed by atoms with Gasteiger partial charge in [-0.3, -0.25) is 0 Å². The lowest BCUT2D eigenvalue weighted by Gasteiger charge is -2.05. The summed E-state index contributed by atoms with van der Waals surface area (Å²) in [7, 11) is 0. The average Bonchev–Trinajstić information content (AvgIpc) is 2.73. The molecule has 5 heteroatoms. The van der Waals surface area contributed by atoms with Gasteiger partial charge in [0, 0.05) is 0 Å². The summed E-state index contributed by atoms with van der Waals surface area (Å²) in [4.78, 5) is 22.5. The second-order valence-electron chi connectivity index (χ2n) is 6.08. The van der Waals surface area contributed by atoms with Crippen molar-refractivity contribution in [3.05, 3.63) is 96.1 Å². The SMILES string of the molecule is C.C.C.CCOC(=O)c1cccc2ccccc12.O=C(O)c1cccc2ccccc12.[F-]. The Hall–Kier alpha value is -3.73. The molecule has 0 spiro atoms. The highest BCUT2D eigenvalue weighted by atomic mass is 19.0. The molecule has 4 aromatic rings. The van der Waals surface area contributed by atoms with E-state index in [0.717, 1.165) is 21.5 Å². The number of ether oxygens (including phenoxy) is 1. The van der Waals surface area contributed by atoms with E-state index in [1.165, 1.54) is 0 Å². The number of esters is 1. The van der Waals surface area contributed by atoms with Gasteiger partial charge in [0.05, 0.1) is 17.7 Å². The average molecular weight is 440 g/mol. The Balaban J connectivity index is 0. The second-order valence-corrected chi connectivity index (χ2v) is 6.08. The normalized spacial score (nSPS) is 8.91. The summed E-state index contributed by atoms with van der Waals surface area (Å²) in [6.45, 7) is 2.21. The second kappa shape index (κ2) is 14.3. The summed E-state index contributed by atoms with van der Waals surface area (Å²) in [5.41, 5.74) is 0.994. The minimum atomic E-state index is -0.878. The molecular formula is C27H32FO4-. The van der Waals surface area contributed by atoms with Gasteiger partial charge >= 0.3 is 11.9 Å². The van der Waals surface area contributed by atoms with Gasteiger partial charge in [-0.2, -0.15) is 0 Å². The van der Waals surface area contributed by atoms with E-state index in [9.17, 15) is 9.59 Å². The quantitative estimate of drug-likeness (QED) is 0.479. The Morgan fingerprint density at radius 3 is 1.56 bits per heavy atom. The number of aromatic carboxylic acids is 1. The van der Waals surface area contributed by atoms with E-state index in [1.54, 1.807) is 18.2 Å². The van der Waals surface area contributed by atoms with Crippen molar-refractivity contribution < 1.29 is 24.1 Å². The number of carboxylic acids is 1. The van der Waals surface area contributed by atoms with Crippen LogP contribution in [0.1, 0.15) is 49.9 Å². The van der Waals surface area contributed by atoms with Crippen molar-refractivity contribution in [3.63, 3.8) is 0 Å². The van der Waals surface area contributed by atoms with Gasteiger partial charge in [-0.05, 0) is 40.6 Å². The molecule has 0 heterocycles. The predicted molar refractivity (Wildman–Crippen MR) is 131 cm³/mol. The standard InChI is InChI=1S/C13H12O2.C11H8O2.3CH4.FH/c1-2-15-13(14)12-9-5-7-10-6-3-4-8-11(10)12;12-11(13)10-7-3-5-8-4-1-2-6-9(8)10;;;;/h3-9H,2H2,1H3;1-7H,(H,12,13);3*1H4;1H/p-1. The van der Waals surface area contributed by atoms with Crippen molar-refractivity contribution in [2.24, 2.45) is 0 Å². The molecule has 4 nitrogen and oxygen atoms in total. The van der Waals surface area contributed by atoms with E-state index >= 15 is 0 Å². The smallest absolute Gasteiger partial charge is 0.338 e. The van der Waals surface area contributed by atoms with Crippen LogP contribution >= 0.6 is 0 Å². The Labute approximate surface area is 189 Å². The first kappa shape index (κ1) is 30.5. The van der Waals surface area contributed by atoms with Crippen molar-refractivity contribution in [2.75, 3.05) is 6.61 Å². The maximum Gasteiger partial charge on any atom is 0.338 e. The Bertz CT molecular complexity index is 1130.